The number of nitrogens with zero attached hydrogens (tertiary/aromatic N) is 2. The average Bonchev–Trinajstić information content (AvgIpc) is 2.91. The lowest BCUT2D eigenvalue weighted by molar-refractivity contribution is 0.0950. The van der Waals surface area contributed by atoms with Crippen molar-refractivity contribution in [2.45, 2.75) is 13.3 Å². The van der Waals surface area contributed by atoms with Crippen molar-refractivity contribution in [3.05, 3.63) is 28.0 Å². The maximum atomic E-state index is 11.7. The van der Waals surface area contributed by atoms with Crippen LogP contribution in [0.4, 0.5) is 5.69 Å². The number of aromatic nitrogens is 3. The highest BCUT2D eigenvalue weighted by molar-refractivity contribution is 7.07. The Balaban J connectivity index is 1.87. The molecule has 90 valence electrons. The molecule has 0 aliphatic heterocycles. The lowest BCUT2D eigenvalue weighted by Crippen LogP contribution is -2.26. The van der Waals surface area contributed by atoms with Gasteiger partial charge < -0.3 is 11.1 Å². The molecule has 1 amide bonds. The molecule has 0 aliphatic rings. The van der Waals surface area contributed by atoms with Gasteiger partial charge in [0.15, 0.2) is 5.69 Å². The van der Waals surface area contributed by atoms with Crippen LogP contribution in [-0.4, -0.2) is 27.6 Å². The standard InChI is InChI=1S/C10H13N5OS/c1-6-8(11)9(15-14-6)10(16)12-3-2-7-4-17-5-13-7/h4-5H,2-3,11H2,1H3,(H,12,16)(H,14,15). The Hall–Kier alpha value is -1.89. The zero-order valence-corrected chi connectivity index (χ0v) is 10.2. The van der Waals surface area contributed by atoms with Crippen LogP contribution in [0.2, 0.25) is 0 Å². The molecule has 2 heterocycles. The van der Waals surface area contributed by atoms with Crippen LogP contribution in [-0.2, 0) is 6.42 Å². The summed E-state index contributed by atoms with van der Waals surface area (Å²) in [5.41, 5.74) is 9.80. The topological polar surface area (TPSA) is 96.7 Å². The van der Waals surface area contributed by atoms with Crippen molar-refractivity contribution < 1.29 is 4.79 Å². The molecule has 0 fully saturated rings. The first-order valence-corrected chi connectivity index (χ1v) is 6.08. The number of rotatable bonds is 4. The number of nitrogen functional groups attached to an aromatic ring is 1. The summed E-state index contributed by atoms with van der Waals surface area (Å²) in [7, 11) is 0. The van der Waals surface area contributed by atoms with Crippen molar-refractivity contribution in [1.82, 2.24) is 20.5 Å². The van der Waals surface area contributed by atoms with E-state index in [9.17, 15) is 4.79 Å². The molecule has 0 saturated heterocycles. The van der Waals surface area contributed by atoms with E-state index in [2.05, 4.69) is 20.5 Å². The molecule has 0 aliphatic carbocycles. The molecule has 0 atom stereocenters. The summed E-state index contributed by atoms with van der Waals surface area (Å²) in [4.78, 5) is 15.8. The number of hydrogen-bond donors (Lipinski definition) is 3. The number of hydrogen-bond acceptors (Lipinski definition) is 5. The number of amides is 1. The average molecular weight is 251 g/mol. The van der Waals surface area contributed by atoms with Gasteiger partial charge >= 0.3 is 0 Å². The summed E-state index contributed by atoms with van der Waals surface area (Å²) in [5.74, 6) is -0.262. The molecule has 4 N–H and O–H groups in total. The van der Waals surface area contributed by atoms with Crippen molar-refractivity contribution in [3.8, 4) is 0 Å². The van der Waals surface area contributed by atoms with Crippen LogP contribution in [0, 0.1) is 6.92 Å². The first kappa shape index (κ1) is 11.6. The third-order valence-corrected chi connectivity index (χ3v) is 3.00. The second-order valence-corrected chi connectivity index (χ2v) is 4.32. The molecule has 0 spiro atoms. The van der Waals surface area contributed by atoms with Crippen LogP contribution in [0.5, 0.6) is 0 Å². The molecule has 2 aromatic rings. The van der Waals surface area contributed by atoms with E-state index >= 15 is 0 Å². The minimum absolute atomic E-state index is 0.251. The second-order valence-electron chi connectivity index (χ2n) is 3.60. The molecule has 0 unspecified atom stereocenters. The largest absolute Gasteiger partial charge is 0.395 e. The van der Waals surface area contributed by atoms with E-state index in [4.69, 9.17) is 5.73 Å². The van der Waals surface area contributed by atoms with E-state index in [1.807, 2.05) is 5.38 Å². The highest BCUT2D eigenvalue weighted by Gasteiger charge is 2.14. The molecular formula is C10H13N5OS. The number of aryl methyl sites for hydroxylation is 1. The van der Waals surface area contributed by atoms with Gasteiger partial charge in [-0.1, -0.05) is 0 Å². The highest BCUT2D eigenvalue weighted by Crippen LogP contribution is 2.11. The number of carbonyl (C=O) groups excluding carboxylic acids is 1. The van der Waals surface area contributed by atoms with Gasteiger partial charge in [0.1, 0.15) is 0 Å². The van der Waals surface area contributed by atoms with Crippen LogP contribution in [0.15, 0.2) is 10.9 Å². The Kier molecular flexibility index (Phi) is 3.38. The van der Waals surface area contributed by atoms with Gasteiger partial charge in [-0.15, -0.1) is 11.3 Å². The van der Waals surface area contributed by atoms with Gasteiger partial charge in [-0.25, -0.2) is 4.98 Å². The van der Waals surface area contributed by atoms with Crippen molar-refractivity contribution in [3.63, 3.8) is 0 Å². The van der Waals surface area contributed by atoms with Gasteiger partial charge in [0, 0.05) is 18.3 Å². The molecule has 2 rings (SSSR count). The molecule has 17 heavy (non-hydrogen) atoms. The molecule has 0 radical (unpaired) electrons. The molecule has 2 aromatic heterocycles. The van der Waals surface area contributed by atoms with Gasteiger partial charge in [-0.05, 0) is 6.92 Å². The van der Waals surface area contributed by atoms with Crippen LogP contribution >= 0.6 is 11.3 Å². The fraction of sp³-hybridized carbons (Fsp3) is 0.300. The first-order valence-electron chi connectivity index (χ1n) is 5.14. The van der Waals surface area contributed by atoms with Gasteiger partial charge in [-0.2, -0.15) is 5.10 Å². The lowest BCUT2D eigenvalue weighted by Gasteiger charge is -2.02. The van der Waals surface area contributed by atoms with Gasteiger partial charge in [0.2, 0.25) is 0 Å². The minimum Gasteiger partial charge on any atom is -0.395 e. The Labute approximate surface area is 102 Å². The predicted molar refractivity (Wildman–Crippen MR) is 65.9 cm³/mol. The number of H-pyrrole nitrogens is 1. The SMILES string of the molecule is Cc1[nH]nc(C(=O)NCCc2cscn2)c1N. The second kappa shape index (κ2) is 4.96. The van der Waals surface area contributed by atoms with Crippen molar-refractivity contribution in [1.29, 1.82) is 0 Å². The summed E-state index contributed by atoms with van der Waals surface area (Å²) in [6.07, 6.45) is 0.707. The Morgan fingerprint density at radius 3 is 3.06 bits per heavy atom. The van der Waals surface area contributed by atoms with Crippen molar-refractivity contribution >= 4 is 22.9 Å². The van der Waals surface area contributed by atoms with Gasteiger partial charge in [0.05, 0.1) is 22.6 Å². The van der Waals surface area contributed by atoms with E-state index in [1.54, 1.807) is 12.4 Å². The monoisotopic (exact) mass is 251 g/mol. The van der Waals surface area contributed by atoms with E-state index < -0.39 is 0 Å². The van der Waals surface area contributed by atoms with E-state index in [0.717, 1.165) is 5.69 Å². The first-order chi connectivity index (χ1) is 8.18. The quantitative estimate of drug-likeness (QED) is 0.746. The Morgan fingerprint density at radius 1 is 1.65 bits per heavy atom. The lowest BCUT2D eigenvalue weighted by atomic mass is 10.3. The minimum atomic E-state index is -0.262. The summed E-state index contributed by atoms with van der Waals surface area (Å²) in [5, 5.41) is 11.2. The Morgan fingerprint density at radius 2 is 2.47 bits per heavy atom. The summed E-state index contributed by atoms with van der Waals surface area (Å²) in [6.45, 7) is 2.29. The van der Waals surface area contributed by atoms with Gasteiger partial charge in [-0.3, -0.25) is 9.89 Å². The Bertz CT molecular complexity index is 505. The van der Waals surface area contributed by atoms with Gasteiger partial charge in [0.25, 0.3) is 5.91 Å². The molecular weight excluding hydrogens is 238 g/mol. The smallest absolute Gasteiger partial charge is 0.273 e. The van der Waals surface area contributed by atoms with E-state index in [0.29, 0.717) is 24.3 Å². The molecule has 0 saturated carbocycles. The van der Waals surface area contributed by atoms with Crippen molar-refractivity contribution in [2.75, 3.05) is 12.3 Å². The van der Waals surface area contributed by atoms with Crippen LogP contribution < -0.4 is 11.1 Å². The van der Waals surface area contributed by atoms with Crippen LogP contribution in [0.3, 0.4) is 0 Å². The fourth-order valence-electron chi connectivity index (χ4n) is 1.36. The number of nitrogens with two attached hydrogens (primary N) is 1. The fourth-order valence-corrected chi connectivity index (χ4v) is 1.95. The summed E-state index contributed by atoms with van der Waals surface area (Å²) < 4.78 is 0. The third-order valence-electron chi connectivity index (χ3n) is 2.36. The number of thiazole rings is 1. The molecule has 7 heteroatoms. The zero-order valence-electron chi connectivity index (χ0n) is 9.36. The molecule has 0 bridgehead atoms. The predicted octanol–water partition coefficient (Wildman–Crippen LogP) is 0.729. The highest BCUT2D eigenvalue weighted by atomic mass is 32.1. The van der Waals surface area contributed by atoms with E-state index in [1.165, 1.54) is 11.3 Å². The van der Waals surface area contributed by atoms with Crippen molar-refractivity contribution in [2.24, 2.45) is 0 Å². The normalized spacial score (nSPS) is 10.4. The summed E-state index contributed by atoms with van der Waals surface area (Å²) in [6, 6.07) is 0. The summed E-state index contributed by atoms with van der Waals surface area (Å²) >= 11 is 1.54. The maximum absolute atomic E-state index is 11.7. The van der Waals surface area contributed by atoms with Crippen LogP contribution in [0.1, 0.15) is 21.9 Å². The molecule has 6 nitrogen and oxygen atoms in total. The number of nitrogens with one attached hydrogen (secondary N) is 2. The molecule has 0 aromatic carbocycles. The third kappa shape index (κ3) is 2.62. The maximum Gasteiger partial charge on any atom is 0.273 e. The zero-order chi connectivity index (χ0) is 12.3. The number of anilines is 1. The van der Waals surface area contributed by atoms with E-state index in [-0.39, 0.29) is 11.6 Å². The van der Waals surface area contributed by atoms with Crippen LogP contribution in [0.25, 0.3) is 0 Å². The number of carbonyl (C=O) groups is 1. The number of aromatic amines is 1.